The molecule has 0 radical (unpaired) electrons. The third kappa shape index (κ3) is 6.31. The van der Waals surface area contributed by atoms with E-state index in [4.69, 9.17) is 9.47 Å². The van der Waals surface area contributed by atoms with Crippen LogP contribution in [0.5, 0.6) is 5.75 Å². The molecule has 1 atom stereocenters. The van der Waals surface area contributed by atoms with Gasteiger partial charge >= 0.3 is 0 Å². The van der Waals surface area contributed by atoms with Crippen molar-refractivity contribution in [2.45, 2.75) is 52.8 Å². The van der Waals surface area contributed by atoms with Gasteiger partial charge in [-0.2, -0.15) is 0 Å². The minimum Gasteiger partial charge on any atom is -0.481 e. The van der Waals surface area contributed by atoms with Crippen LogP contribution in [-0.4, -0.2) is 43.2 Å². The van der Waals surface area contributed by atoms with Gasteiger partial charge < -0.3 is 14.8 Å². The fourth-order valence-electron chi connectivity index (χ4n) is 3.65. The fourth-order valence-corrected chi connectivity index (χ4v) is 3.65. The molecule has 1 unspecified atom stereocenters. The first-order valence-electron chi connectivity index (χ1n) is 10.8. The van der Waals surface area contributed by atoms with E-state index in [1.54, 1.807) is 6.92 Å². The number of nitrogens with zero attached hydrogens (tertiary/aromatic N) is 1. The summed E-state index contributed by atoms with van der Waals surface area (Å²) in [4.78, 5) is 15.0. The molecule has 1 N–H and O–H groups in total. The molecule has 30 heavy (non-hydrogen) atoms. The first-order chi connectivity index (χ1) is 14.4. The molecule has 2 aromatic carbocycles. The highest BCUT2D eigenvalue weighted by Crippen LogP contribution is 2.28. The molecule has 5 heteroatoms. The van der Waals surface area contributed by atoms with Gasteiger partial charge in [0, 0.05) is 26.2 Å². The number of hydrogen-bond acceptors (Lipinski definition) is 4. The lowest BCUT2D eigenvalue weighted by Crippen LogP contribution is -2.36. The maximum atomic E-state index is 12.6. The van der Waals surface area contributed by atoms with Crippen LogP contribution < -0.4 is 10.1 Å². The van der Waals surface area contributed by atoms with E-state index in [2.05, 4.69) is 54.4 Å². The van der Waals surface area contributed by atoms with Crippen molar-refractivity contribution in [3.8, 4) is 5.75 Å². The second-order valence-corrected chi connectivity index (χ2v) is 8.38. The average molecular weight is 411 g/mol. The molecule has 2 aromatic rings. The van der Waals surface area contributed by atoms with E-state index in [9.17, 15) is 4.79 Å². The highest BCUT2D eigenvalue weighted by molar-refractivity contribution is 5.80. The van der Waals surface area contributed by atoms with Gasteiger partial charge in [0.15, 0.2) is 6.10 Å². The number of morpholine rings is 1. The van der Waals surface area contributed by atoms with Crippen molar-refractivity contribution in [3.63, 3.8) is 0 Å². The van der Waals surface area contributed by atoms with E-state index in [0.717, 1.165) is 55.3 Å². The molecule has 1 aliphatic heterocycles. The first-order valence-corrected chi connectivity index (χ1v) is 10.8. The molecule has 3 rings (SSSR count). The predicted octanol–water partition coefficient (Wildman–Crippen LogP) is 4.03. The van der Waals surface area contributed by atoms with Gasteiger partial charge in [0.05, 0.1) is 13.2 Å². The summed E-state index contributed by atoms with van der Waals surface area (Å²) < 4.78 is 11.4. The molecule has 1 aliphatic rings. The summed E-state index contributed by atoms with van der Waals surface area (Å²) in [7, 11) is 0. The molecule has 0 aliphatic carbocycles. The van der Waals surface area contributed by atoms with E-state index in [0.29, 0.717) is 12.5 Å². The monoisotopic (exact) mass is 410 g/mol. The third-order valence-corrected chi connectivity index (χ3v) is 5.43. The highest BCUT2D eigenvalue weighted by Gasteiger charge is 2.18. The number of hydrogen-bond donors (Lipinski definition) is 1. The van der Waals surface area contributed by atoms with Gasteiger partial charge in [0.25, 0.3) is 5.91 Å². The lowest BCUT2D eigenvalue weighted by Gasteiger charge is -2.26. The zero-order valence-corrected chi connectivity index (χ0v) is 18.6. The second-order valence-electron chi connectivity index (χ2n) is 8.38. The van der Waals surface area contributed by atoms with Crippen molar-refractivity contribution in [1.29, 1.82) is 0 Å². The van der Waals surface area contributed by atoms with Gasteiger partial charge in [-0.15, -0.1) is 0 Å². The van der Waals surface area contributed by atoms with E-state index >= 15 is 0 Å². The minimum absolute atomic E-state index is 0.107. The molecule has 1 heterocycles. The summed E-state index contributed by atoms with van der Waals surface area (Å²) in [5.41, 5.74) is 4.60. The molecule has 0 aromatic heterocycles. The summed E-state index contributed by atoms with van der Waals surface area (Å²) >= 11 is 0. The normalized spacial score (nSPS) is 15.8. The molecular weight excluding hydrogens is 376 g/mol. The number of rotatable bonds is 8. The number of carbonyl (C=O) groups is 1. The van der Waals surface area contributed by atoms with Gasteiger partial charge in [-0.05, 0) is 48.1 Å². The van der Waals surface area contributed by atoms with Crippen molar-refractivity contribution in [2.75, 3.05) is 26.3 Å². The Morgan fingerprint density at radius 1 is 1.10 bits per heavy atom. The van der Waals surface area contributed by atoms with Crippen molar-refractivity contribution in [2.24, 2.45) is 0 Å². The van der Waals surface area contributed by atoms with Crippen molar-refractivity contribution in [3.05, 3.63) is 64.7 Å². The predicted molar refractivity (Wildman–Crippen MR) is 120 cm³/mol. The van der Waals surface area contributed by atoms with Gasteiger partial charge in [-0.1, -0.05) is 50.2 Å². The molecule has 5 nitrogen and oxygen atoms in total. The Labute approximate surface area is 180 Å². The number of benzene rings is 2. The van der Waals surface area contributed by atoms with Crippen LogP contribution in [0.3, 0.4) is 0 Å². The van der Waals surface area contributed by atoms with E-state index < -0.39 is 6.10 Å². The summed E-state index contributed by atoms with van der Waals surface area (Å²) in [6, 6.07) is 14.6. The molecule has 1 fully saturated rings. The van der Waals surface area contributed by atoms with Crippen LogP contribution in [-0.2, 0) is 22.6 Å². The van der Waals surface area contributed by atoms with Crippen LogP contribution in [0.4, 0.5) is 0 Å². The number of aryl methyl sites for hydroxylation is 1. The van der Waals surface area contributed by atoms with E-state index in [1.807, 2.05) is 19.1 Å². The van der Waals surface area contributed by atoms with Crippen molar-refractivity contribution in [1.82, 2.24) is 10.2 Å². The van der Waals surface area contributed by atoms with Crippen LogP contribution in [0.15, 0.2) is 42.5 Å². The Kier molecular flexibility index (Phi) is 7.88. The molecule has 0 saturated carbocycles. The van der Waals surface area contributed by atoms with Crippen LogP contribution in [0.1, 0.15) is 48.9 Å². The topological polar surface area (TPSA) is 50.8 Å². The maximum absolute atomic E-state index is 12.6. The summed E-state index contributed by atoms with van der Waals surface area (Å²) in [5.74, 6) is 1.02. The Bertz CT molecular complexity index is 844. The first kappa shape index (κ1) is 22.3. The quantitative estimate of drug-likeness (QED) is 0.714. The van der Waals surface area contributed by atoms with E-state index in [-0.39, 0.29) is 5.91 Å². The summed E-state index contributed by atoms with van der Waals surface area (Å²) in [5, 5.41) is 3.02. The standard InChI is InChI=1S/C25H34N2O3/c1-18(2)23-9-8-19(3)14-24(23)30-20(4)25(28)26-16-21-6-5-7-22(15-21)17-27-10-12-29-13-11-27/h5-9,14-15,18,20H,10-13,16-17H2,1-4H3,(H,26,28). The summed E-state index contributed by atoms with van der Waals surface area (Å²) in [6.45, 7) is 13.0. The number of ether oxygens (including phenoxy) is 2. The second kappa shape index (κ2) is 10.6. The van der Waals surface area contributed by atoms with Gasteiger partial charge in [-0.3, -0.25) is 9.69 Å². The van der Waals surface area contributed by atoms with Crippen LogP contribution in [0.25, 0.3) is 0 Å². The molecular formula is C25H34N2O3. The number of amides is 1. The molecule has 0 spiro atoms. The molecule has 1 saturated heterocycles. The SMILES string of the molecule is Cc1ccc(C(C)C)c(OC(C)C(=O)NCc2cccc(CN3CCOCC3)c2)c1. The third-order valence-electron chi connectivity index (χ3n) is 5.43. The minimum atomic E-state index is -0.555. The Balaban J connectivity index is 1.55. The molecule has 0 bridgehead atoms. The van der Waals surface area contributed by atoms with Crippen molar-refractivity contribution >= 4 is 5.91 Å². The largest absolute Gasteiger partial charge is 0.481 e. The number of nitrogens with one attached hydrogen (secondary N) is 1. The van der Waals surface area contributed by atoms with Crippen LogP contribution >= 0.6 is 0 Å². The van der Waals surface area contributed by atoms with E-state index in [1.165, 1.54) is 5.56 Å². The van der Waals surface area contributed by atoms with Crippen LogP contribution in [0, 0.1) is 6.92 Å². The Morgan fingerprint density at radius 3 is 2.57 bits per heavy atom. The van der Waals surface area contributed by atoms with Gasteiger partial charge in [0.2, 0.25) is 0 Å². The average Bonchev–Trinajstić information content (AvgIpc) is 2.73. The zero-order chi connectivity index (χ0) is 21.5. The lowest BCUT2D eigenvalue weighted by molar-refractivity contribution is -0.127. The molecule has 162 valence electrons. The van der Waals surface area contributed by atoms with Crippen molar-refractivity contribution < 1.29 is 14.3 Å². The Morgan fingerprint density at radius 2 is 1.83 bits per heavy atom. The molecule has 1 amide bonds. The fraction of sp³-hybridized carbons (Fsp3) is 0.480. The van der Waals surface area contributed by atoms with Gasteiger partial charge in [0.1, 0.15) is 5.75 Å². The maximum Gasteiger partial charge on any atom is 0.261 e. The Hall–Kier alpha value is -2.37. The number of carbonyl (C=O) groups excluding carboxylic acids is 1. The van der Waals surface area contributed by atoms with Gasteiger partial charge in [-0.25, -0.2) is 0 Å². The summed E-state index contributed by atoms with van der Waals surface area (Å²) in [6.07, 6.45) is -0.555. The smallest absolute Gasteiger partial charge is 0.261 e. The lowest BCUT2D eigenvalue weighted by atomic mass is 10.0. The van der Waals surface area contributed by atoms with Crippen LogP contribution in [0.2, 0.25) is 0 Å². The highest BCUT2D eigenvalue weighted by atomic mass is 16.5. The zero-order valence-electron chi connectivity index (χ0n) is 18.6.